The number of methoxy groups -OCH3 is 1. The summed E-state index contributed by atoms with van der Waals surface area (Å²) >= 11 is 0. The zero-order valence-electron chi connectivity index (χ0n) is 9.64. The molecular formula is C10H17N3O3S. The molecule has 0 atom stereocenters. The van der Waals surface area contributed by atoms with Crippen LogP contribution in [-0.2, 0) is 21.3 Å². The van der Waals surface area contributed by atoms with Crippen LogP contribution in [0.15, 0.2) is 17.2 Å². The van der Waals surface area contributed by atoms with Crippen molar-refractivity contribution in [2.75, 3.05) is 7.11 Å². The normalized spacial score (nSPS) is 24.6. The first-order valence-corrected chi connectivity index (χ1v) is 6.96. The first kappa shape index (κ1) is 12.6. The second kappa shape index (κ2) is 4.77. The van der Waals surface area contributed by atoms with Gasteiger partial charge in [-0.05, 0) is 18.9 Å². The number of hydrogen-bond acceptors (Lipinski definition) is 4. The molecule has 96 valence electrons. The van der Waals surface area contributed by atoms with Gasteiger partial charge in [0.25, 0.3) is 0 Å². The van der Waals surface area contributed by atoms with Crippen molar-refractivity contribution < 1.29 is 13.2 Å². The molecule has 0 amide bonds. The number of aromatic amines is 1. The van der Waals surface area contributed by atoms with Crippen molar-refractivity contribution in [3.63, 3.8) is 0 Å². The monoisotopic (exact) mass is 259 g/mol. The molecule has 0 aliphatic heterocycles. The molecule has 0 aromatic carbocycles. The van der Waals surface area contributed by atoms with Gasteiger partial charge >= 0.3 is 0 Å². The van der Waals surface area contributed by atoms with Gasteiger partial charge in [-0.2, -0.15) is 0 Å². The Morgan fingerprint density at radius 3 is 2.82 bits per heavy atom. The number of nitrogens with two attached hydrogens (primary N) is 1. The Morgan fingerprint density at radius 1 is 1.59 bits per heavy atom. The van der Waals surface area contributed by atoms with Crippen LogP contribution in [0.25, 0.3) is 0 Å². The van der Waals surface area contributed by atoms with E-state index in [0.29, 0.717) is 12.2 Å². The Labute approximate surface area is 101 Å². The summed E-state index contributed by atoms with van der Waals surface area (Å²) in [7, 11) is -1.80. The molecule has 17 heavy (non-hydrogen) atoms. The molecule has 1 fully saturated rings. The molecule has 0 radical (unpaired) electrons. The van der Waals surface area contributed by atoms with E-state index in [1.165, 1.54) is 6.20 Å². The second-order valence-corrected chi connectivity index (χ2v) is 5.93. The summed E-state index contributed by atoms with van der Waals surface area (Å²) in [6.07, 6.45) is 3.08. The molecule has 1 saturated carbocycles. The lowest BCUT2D eigenvalue weighted by atomic mass is 9.90. The van der Waals surface area contributed by atoms with Crippen molar-refractivity contribution in [1.29, 1.82) is 0 Å². The molecule has 6 nitrogen and oxygen atoms in total. The zero-order chi connectivity index (χ0) is 12.5. The van der Waals surface area contributed by atoms with Gasteiger partial charge in [-0.15, -0.1) is 0 Å². The highest BCUT2D eigenvalue weighted by Gasteiger charge is 2.32. The summed E-state index contributed by atoms with van der Waals surface area (Å²) in [5.74, 6) is 0. The van der Waals surface area contributed by atoms with Crippen molar-refractivity contribution in [3.05, 3.63) is 18.0 Å². The fourth-order valence-corrected chi connectivity index (χ4v) is 3.11. The fourth-order valence-electron chi connectivity index (χ4n) is 1.83. The van der Waals surface area contributed by atoms with Gasteiger partial charge in [0.2, 0.25) is 10.0 Å². The van der Waals surface area contributed by atoms with Crippen LogP contribution in [0, 0.1) is 0 Å². The van der Waals surface area contributed by atoms with Crippen LogP contribution in [0.1, 0.15) is 18.5 Å². The average Bonchev–Trinajstić information content (AvgIpc) is 2.71. The van der Waals surface area contributed by atoms with Gasteiger partial charge < -0.3 is 15.5 Å². The van der Waals surface area contributed by atoms with Crippen molar-refractivity contribution in [1.82, 2.24) is 9.71 Å². The van der Waals surface area contributed by atoms with Gasteiger partial charge in [0.1, 0.15) is 0 Å². The summed E-state index contributed by atoms with van der Waals surface area (Å²) in [5, 5.41) is 0. The van der Waals surface area contributed by atoms with Gasteiger partial charge in [0.15, 0.2) is 0 Å². The maximum Gasteiger partial charge on any atom is 0.242 e. The number of nitrogens with one attached hydrogen (secondary N) is 2. The summed E-state index contributed by atoms with van der Waals surface area (Å²) < 4.78 is 31.6. The molecule has 0 bridgehead atoms. The van der Waals surface area contributed by atoms with E-state index in [1.807, 2.05) is 0 Å². The molecule has 4 N–H and O–H groups in total. The third-order valence-electron chi connectivity index (χ3n) is 3.00. The molecule has 2 rings (SSSR count). The van der Waals surface area contributed by atoms with E-state index in [4.69, 9.17) is 10.5 Å². The van der Waals surface area contributed by atoms with Gasteiger partial charge in [0, 0.05) is 31.6 Å². The molecule has 0 saturated heterocycles. The SMILES string of the molecule is COC1CC(NS(=O)(=O)c2c[nH]c(CN)c2)C1. The topological polar surface area (TPSA) is 97.2 Å². The Hall–Kier alpha value is -0.890. The Kier molecular flexibility index (Phi) is 3.53. The quantitative estimate of drug-likeness (QED) is 0.689. The van der Waals surface area contributed by atoms with E-state index in [1.54, 1.807) is 13.2 Å². The fraction of sp³-hybridized carbons (Fsp3) is 0.600. The lowest BCUT2D eigenvalue weighted by Crippen LogP contribution is -2.47. The molecule has 0 spiro atoms. The van der Waals surface area contributed by atoms with Crippen LogP contribution in [0.5, 0.6) is 0 Å². The van der Waals surface area contributed by atoms with Crippen LogP contribution in [0.4, 0.5) is 0 Å². The third-order valence-corrected chi connectivity index (χ3v) is 4.50. The Balaban J connectivity index is 1.99. The number of rotatable bonds is 5. The maximum atomic E-state index is 11.9. The van der Waals surface area contributed by atoms with Crippen LogP contribution in [-0.4, -0.2) is 32.7 Å². The standard InChI is InChI=1S/C10H17N3O3S/c1-16-9-2-7(3-9)13-17(14,15)10-4-8(5-11)12-6-10/h4,6-7,9,12-13H,2-3,5,11H2,1H3. The molecule has 1 aromatic rings. The van der Waals surface area contributed by atoms with Crippen molar-refractivity contribution in [3.8, 4) is 0 Å². The lowest BCUT2D eigenvalue weighted by Gasteiger charge is -2.34. The lowest BCUT2D eigenvalue weighted by molar-refractivity contribution is 0.0236. The van der Waals surface area contributed by atoms with Gasteiger partial charge in [-0.1, -0.05) is 0 Å². The van der Waals surface area contributed by atoms with Crippen LogP contribution >= 0.6 is 0 Å². The predicted molar refractivity (Wildman–Crippen MR) is 62.8 cm³/mol. The summed E-state index contributed by atoms with van der Waals surface area (Å²) in [4.78, 5) is 3.06. The molecule has 1 heterocycles. The Bertz CT molecular complexity index is 477. The minimum atomic E-state index is -3.43. The van der Waals surface area contributed by atoms with E-state index in [9.17, 15) is 8.42 Å². The summed E-state index contributed by atoms with van der Waals surface area (Å²) in [6, 6.07) is 1.52. The van der Waals surface area contributed by atoms with Crippen LogP contribution < -0.4 is 10.5 Å². The van der Waals surface area contributed by atoms with Crippen LogP contribution in [0.3, 0.4) is 0 Å². The number of sulfonamides is 1. The minimum absolute atomic E-state index is 0.0267. The van der Waals surface area contributed by atoms with E-state index in [-0.39, 0.29) is 17.0 Å². The minimum Gasteiger partial charge on any atom is -0.381 e. The Morgan fingerprint density at radius 2 is 2.29 bits per heavy atom. The van der Waals surface area contributed by atoms with Gasteiger partial charge in [-0.25, -0.2) is 13.1 Å². The maximum absolute atomic E-state index is 11.9. The average molecular weight is 259 g/mol. The first-order valence-electron chi connectivity index (χ1n) is 5.47. The van der Waals surface area contributed by atoms with E-state index >= 15 is 0 Å². The summed E-state index contributed by atoms with van der Waals surface area (Å²) in [5.41, 5.74) is 6.12. The second-order valence-electron chi connectivity index (χ2n) is 4.21. The number of H-pyrrole nitrogens is 1. The number of hydrogen-bond donors (Lipinski definition) is 3. The molecule has 0 unspecified atom stereocenters. The highest BCUT2D eigenvalue weighted by molar-refractivity contribution is 7.89. The molecular weight excluding hydrogens is 242 g/mol. The van der Waals surface area contributed by atoms with Crippen molar-refractivity contribution in [2.45, 2.75) is 36.4 Å². The zero-order valence-corrected chi connectivity index (χ0v) is 10.5. The predicted octanol–water partition coefficient (Wildman–Crippen LogP) is -0.0709. The number of aromatic nitrogens is 1. The third kappa shape index (κ3) is 2.68. The van der Waals surface area contributed by atoms with E-state index in [0.717, 1.165) is 12.8 Å². The number of ether oxygens (including phenoxy) is 1. The van der Waals surface area contributed by atoms with Gasteiger partial charge in [0.05, 0.1) is 11.0 Å². The first-order chi connectivity index (χ1) is 8.05. The molecule has 1 aliphatic carbocycles. The van der Waals surface area contributed by atoms with Crippen LogP contribution in [0.2, 0.25) is 0 Å². The van der Waals surface area contributed by atoms with Crippen molar-refractivity contribution >= 4 is 10.0 Å². The highest BCUT2D eigenvalue weighted by atomic mass is 32.2. The van der Waals surface area contributed by atoms with E-state index in [2.05, 4.69) is 9.71 Å². The smallest absolute Gasteiger partial charge is 0.242 e. The van der Waals surface area contributed by atoms with Crippen molar-refractivity contribution in [2.24, 2.45) is 5.73 Å². The largest absolute Gasteiger partial charge is 0.381 e. The highest BCUT2D eigenvalue weighted by Crippen LogP contribution is 2.24. The molecule has 1 aromatic heterocycles. The summed E-state index contributed by atoms with van der Waals surface area (Å²) in [6.45, 7) is 0.296. The molecule has 1 aliphatic rings. The van der Waals surface area contributed by atoms with E-state index < -0.39 is 10.0 Å². The van der Waals surface area contributed by atoms with Gasteiger partial charge in [-0.3, -0.25) is 0 Å². The molecule has 7 heteroatoms.